The van der Waals surface area contributed by atoms with E-state index < -0.39 is 12.1 Å². The fourth-order valence-corrected chi connectivity index (χ4v) is 1.47. The first-order valence-electron chi connectivity index (χ1n) is 3.30. The van der Waals surface area contributed by atoms with Crippen molar-refractivity contribution in [3.63, 3.8) is 0 Å². The highest BCUT2D eigenvalue weighted by Gasteiger charge is 2.16. The van der Waals surface area contributed by atoms with Crippen molar-refractivity contribution >= 4 is 27.5 Å². The molecule has 0 atom stereocenters. The number of nitrogens with zero attached hydrogens (tertiary/aromatic N) is 1. The van der Waals surface area contributed by atoms with Gasteiger partial charge in [-0.15, -0.1) is 0 Å². The van der Waals surface area contributed by atoms with Crippen LogP contribution in [0.1, 0.15) is 17.7 Å². The molecule has 0 unspecified atom stereocenters. The third-order valence-electron chi connectivity index (χ3n) is 1.41. The number of alkyl halides is 2. The van der Waals surface area contributed by atoms with E-state index in [-0.39, 0.29) is 16.2 Å². The molecule has 0 saturated carbocycles. The van der Waals surface area contributed by atoms with E-state index in [4.69, 9.17) is 16.7 Å². The van der Waals surface area contributed by atoms with Crippen LogP contribution in [0, 0.1) is 0 Å². The second kappa shape index (κ2) is 4.30. The standard InChI is InChI=1S/C7H5BrClF2NO/c8-6-3(2-13)1-4(9)5(12-6)7(10)11/h1,7,13H,2H2. The van der Waals surface area contributed by atoms with Gasteiger partial charge in [-0.2, -0.15) is 0 Å². The summed E-state index contributed by atoms with van der Waals surface area (Å²) >= 11 is 8.45. The van der Waals surface area contributed by atoms with Crippen LogP contribution in [-0.2, 0) is 6.61 Å². The molecule has 0 radical (unpaired) electrons. The van der Waals surface area contributed by atoms with Crippen molar-refractivity contribution in [2.75, 3.05) is 0 Å². The van der Waals surface area contributed by atoms with Crippen LogP contribution in [0.3, 0.4) is 0 Å². The molecule has 72 valence electrons. The van der Waals surface area contributed by atoms with Crippen LogP contribution >= 0.6 is 27.5 Å². The van der Waals surface area contributed by atoms with Gasteiger partial charge in [-0.3, -0.25) is 0 Å². The molecule has 2 nitrogen and oxygen atoms in total. The van der Waals surface area contributed by atoms with E-state index in [0.717, 1.165) is 0 Å². The fraction of sp³-hybridized carbons (Fsp3) is 0.286. The predicted molar refractivity (Wildman–Crippen MR) is 47.8 cm³/mol. The Kier molecular flexibility index (Phi) is 3.58. The van der Waals surface area contributed by atoms with Gasteiger partial charge >= 0.3 is 0 Å². The summed E-state index contributed by atoms with van der Waals surface area (Å²) in [6.07, 6.45) is -2.71. The lowest BCUT2D eigenvalue weighted by Gasteiger charge is -2.05. The van der Waals surface area contributed by atoms with Crippen LogP contribution in [0.2, 0.25) is 5.02 Å². The quantitative estimate of drug-likeness (QED) is 0.840. The van der Waals surface area contributed by atoms with Crippen LogP contribution in [0.15, 0.2) is 10.7 Å². The molecule has 0 spiro atoms. The summed E-state index contributed by atoms with van der Waals surface area (Å²) in [6, 6.07) is 1.26. The summed E-state index contributed by atoms with van der Waals surface area (Å²) in [6.45, 7) is -0.295. The molecule has 1 rings (SSSR count). The molecule has 0 aliphatic heterocycles. The molecule has 0 aliphatic rings. The van der Waals surface area contributed by atoms with Gasteiger partial charge in [-0.25, -0.2) is 13.8 Å². The molecule has 0 fully saturated rings. The molecule has 1 aromatic heterocycles. The Hall–Kier alpha value is -0.260. The van der Waals surface area contributed by atoms with Crippen LogP contribution in [0.4, 0.5) is 8.78 Å². The van der Waals surface area contributed by atoms with Crippen LogP contribution in [-0.4, -0.2) is 10.1 Å². The van der Waals surface area contributed by atoms with Gasteiger partial charge in [0.05, 0.1) is 11.6 Å². The Morgan fingerprint density at radius 3 is 2.69 bits per heavy atom. The molecular weight excluding hydrogens is 267 g/mol. The highest BCUT2D eigenvalue weighted by atomic mass is 79.9. The summed E-state index contributed by atoms with van der Waals surface area (Å²) in [5, 5.41) is 8.62. The van der Waals surface area contributed by atoms with E-state index in [0.29, 0.717) is 5.56 Å². The molecule has 1 aromatic rings. The van der Waals surface area contributed by atoms with E-state index in [1.54, 1.807) is 0 Å². The fourth-order valence-electron chi connectivity index (χ4n) is 0.781. The second-order valence-corrected chi connectivity index (χ2v) is 3.42. The van der Waals surface area contributed by atoms with Gasteiger partial charge in [0, 0.05) is 5.56 Å². The zero-order valence-corrected chi connectivity index (χ0v) is 8.61. The van der Waals surface area contributed by atoms with E-state index in [1.807, 2.05) is 0 Å². The summed E-state index contributed by atoms with van der Waals surface area (Å²) < 4.78 is 24.6. The van der Waals surface area contributed by atoms with Gasteiger partial charge in [-0.1, -0.05) is 11.6 Å². The smallest absolute Gasteiger partial charge is 0.281 e. The van der Waals surface area contributed by atoms with Gasteiger partial charge in [0.2, 0.25) is 0 Å². The highest BCUT2D eigenvalue weighted by Crippen LogP contribution is 2.28. The summed E-state index contributed by atoms with van der Waals surface area (Å²) in [4.78, 5) is 3.52. The molecular formula is C7H5BrClF2NO. The van der Waals surface area contributed by atoms with Crippen molar-refractivity contribution in [1.29, 1.82) is 0 Å². The lowest BCUT2D eigenvalue weighted by molar-refractivity contribution is 0.146. The monoisotopic (exact) mass is 271 g/mol. The van der Waals surface area contributed by atoms with Crippen molar-refractivity contribution in [3.05, 3.63) is 26.9 Å². The molecule has 0 amide bonds. The zero-order chi connectivity index (χ0) is 10.0. The number of pyridine rings is 1. The first kappa shape index (κ1) is 10.8. The molecule has 0 bridgehead atoms. The number of hydrogen-bond donors (Lipinski definition) is 1. The van der Waals surface area contributed by atoms with E-state index in [1.165, 1.54) is 6.07 Å². The van der Waals surface area contributed by atoms with Crippen molar-refractivity contribution in [2.24, 2.45) is 0 Å². The molecule has 0 saturated heterocycles. The van der Waals surface area contributed by atoms with Crippen molar-refractivity contribution < 1.29 is 13.9 Å². The average Bonchev–Trinajstić information content (AvgIpc) is 2.07. The number of aliphatic hydroxyl groups is 1. The second-order valence-electron chi connectivity index (χ2n) is 2.26. The van der Waals surface area contributed by atoms with Crippen LogP contribution in [0.25, 0.3) is 0 Å². The first-order chi connectivity index (χ1) is 6.06. The zero-order valence-electron chi connectivity index (χ0n) is 6.27. The van der Waals surface area contributed by atoms with Crippen LogP contribution < -0.4 is 0 Å². The molecule has 0 aliphatic carbocycles. The number of rotatable bonds is 2. The maximum atomic E-state index is 12.2. The Morgan fingerprint density at radius 1 is 1.62 bits per heavy atom. The lowest BCUT2D eigenvalue weighted by atomic mass is 10.2. The number of aliphatic hydroxyl groups excluding tert-OH is 1. The maximum absolute atomic E-state index is 12.2. The van der Waals surface area contributed by atoms with Gasteiger partial charge in [0.15, 0.2) is 0 Å². The van der Waals surface area contributed by atoms with Gasteiger partial charge < -0.3 is 5.11 Å². The Balaban J connectivity index is 3.20. The lowest BCUT2D eigenvalue weighted by Crippen LogP contribution is -1.96. The van der Waals surface area contributed by atoms with Gasteiger partial charge in [0.1, 0.15) is 10.3 Å². The molecule has 1 heterocycles. The third-order valence-corrected chi connectivity index (χ3v) is 2.40. The highest BCUT2D eigenvalue weighted by molar-refractivity contribution is 9.10. The SMILES string of the molecule is OCc1cc(Cl)c(C(F)F)nc1Br. The summed E-state index contributed by atoms with van der Waals surface area (Å²) in [5.41, 5.74) is -0.0971. The van der Waals surface area contributed by atoms with Crippen molar-refractivity contribution in [2.45, 2.75) is 13.0 Å². The largest absolute Gasteiger partial charge is 0.392 e. The van der Waals surface area contributed by atoms with E-state index in [2.05, 4.69) is 20.9 Å². The van der Waals surface area contributed by atoms with E-state index in [9.17, 15) is 8.78 Å². The molecule has 6 heteroatoms. The molecule has 0 aromatic carbocycles. The van der Waals surface area contributed by atoms with Gasteiger partial charge in [0.25, 0.3) is 6.43 Å². The Morgan fingerprint density at radius 2 is 2.23 bits per heavy atom. The minimum absolute atomic E-state index is 0.137. The third kappa shape index (κ3) is 2.36. The molecule has 1 N–H and O–H groups in total. The minimum Gasteiger partial charge on any atom is -0.392 e. The first-order valence-corrected chi connectivity index (χ1v) is 4.47. The minimum atomic E-state index is -2.71. The Labute approximate surface area is 86.7 Å². The topological polar surface area (TPSA) is 33.1 Å². The normalized spacial score (nSPS) is 10.9. The van der Waals surface area contributed by atoms with E-state index >= 15 is 0 Å². The number of halogens is 4. The maximum Gasteiger partial charge on any atom is 0.281 e. The number of hydrogen-bond acceptors (Lipinski definition) is 2. The average molecular weight is 272 g/mol. The molecule has 13 heavy (non-hydrogen) atoms. The van der Waals surface area contributed by atoms with Crippen LogP contribution in [0.5, 0.6) is 0 Å². The Bertz CT molecular complexity index is 322. The van der Waals surface area contributed by atoms with Crippen molar-refractivity contribution in [3.8, 4) is 0 Å². The van der Waals surface area contributed by atoms with Gasteiger partial charge in [-0.05, 0) is 22.0 Å². The summed E-state index contributed by atoms with van der Waals surface area (Å²) in [5.74, 6) is 0. The van der Waals surface area contributed by atoms with Crippen molar-refractivity contribution in [1.82, 2.24) is 4.98 Å². The summed E-state index contributed by atoms with van der Waals surface area (Å²) in [7, 11) is 0. The number of aromatic nitrogens is 1. The predicted octanol–water partition coefficient (Wildman–Crippen LogP) is 2.93.